The van der Waals surface area contributed by atoms with Gasteiger partial charge in [-0.2, -0.15) is 0 Å². The van der Waals surface area contributed by atoms with Crippen molar-refractivity contribution >= 4 is 21.4 Å². The molecule has 1 aromatic rings. The lowest BCUT2D eigenvalue weighted by molar-refractivity contribution is 0.270. The first-order valence-electron chi connectivity index (χ1n) is 5.82. The van der Waals surface area contributed by atoms with Gasteiger partial charge in [0.05, 0.1) is 10.6 Å². The first kappa shape index (κ1) is 15.4. The molecule has 1 atom stereocenters. The number of hydrogen-bond acceptors (Lipinski definition) is 4. The Balaban J connectivity index is 2.86. The lowest BCUT2D eigenvalue weighted by atomic mass is 10.2. The minimum atomic E-state index is -3.38. The van der Waals surface area contributed by atoms with E-state index in [0.29, 0.717) is 18.0 Å². The molecule has 0 aliphatic heterocycles. The van der Waals surface area contributed by atoms with Gasteiger partial charge in [-0.15, -0.1) is 0 Å². The molecule has 1 unspecified atom stereocenters. The van der Waals surface area contributed by atoms with Crippen LogP contribution < -0.4 is 5.32 Å². The van der Waals surface area contributed by atoms with Gasteiger partial charge < -0.3 is 10.4 Å². The first-order chi connectivity index (χ1) is 8.49. The number of benzene rings is 1. The third-order valence-corrected chi connectivity index (χ3v) is 4.59. The molecule has 0 saturated carbocycles. The quantitative estimate of drug-likeness (QED) is 0.798. The zero-order valence-electron chi connectivity index (χ0n) is 10.3. The van der Waals surface area contributed by atoms with Gasteiger partial charge in [0.1, 0.15) is 0 Å². The van der Waals surface area contributed by atoms with Crippen LogP contribution in [-0.4, -0.2) is 38.5 Å². The van der Waals surface area contributed by atoms with Crippen molar-refractivity contribution < 1.29 is 13.5 Å². The summed E-state index contributed by atoms with van der Waals surface area (Å²) in [6.45, 7) is 2.52. The molecule has 0 spiro atoms. The van der Waals surface area contributed by atoms with E-state index in [4.69, 9.17) is 16.7 Å². The Morgan fingerprint density at radius 1 is 1.44 bits per heavy atom. The molecular weight excluding hydrogens is 274 g/mol. The number of aliphatic hydroxyl groups excluding tert-OH is 1. The lowest BCUT2D eigenvalue weighted by Crippen LogP contribution is -2.36. The van der Waals surface area contributed by atoms with E-state index in [9.17, 15) is 8.42 Å². The third kappa shape index (κ3) is 4.57. The second kappa shape index (κ2) is 7.09. The molecule has 1 aromatic carbocycles. The van der Waals surface area contributed by atoms with Gasteiger partial charge in [0.2, 0.25) is 0 Å². The van der Waals surface area contributed by atoms with Gasteiger partial charge in [-0.25, -0.2) is 8.42 Å². The summed E-state index contributed by atoms with van der Waals surface area (Å²) in [7, 11) is -3.38. The third-order valence-electron chi connectivity index (χ3n) is 2.55. The Labute approximate surface area is 113 Å². The number of sulfone groups is 1. The van der Waals surface area contributed by atoms with Gasteiger partial charge in [0, 0.05) is 17.7 Å². The maximum Gasteiger partial charge on any atom is 0.179 e. The van der Waals surface area contributed by atoms with Crippen molar-refractivity contribution in [2.24, 2.45) is 0 Å². The number of nitrogens with one attached hydrogen (secondary N) is 1. The minimum Gasteiger partial charge on any atom is -0.396 e. The van der Waals surface area contributed by atoms with E-state index < -0.39 is 9.84 Å². The summed E-state index contributed by atoms with van der Waals surface area (Å²) < 4.78 is 24.3. The molecule has 0 saturated heterocycles. The number of aliphatic hydroxyl groups is 1. The molecule has 0 aromatic heterocycles. The molecule has 18 heavy (non-hydrogen) atoms. The molecule has 1 rings (SSSR count). The summed E-state index contributed by atoms with van der Waals surface area (Å²) in [6.07, 6.45) is 0.410. The Hall–Kier alpha value is -0.620. The van der Waals surface area contributed by atoms with Crippen LogP contribution in [-0.2, 0) is 9.84 Å². The predicted octanol–water partition coefficient (Wildman–Crippen LogP) is 1.47. The van der Waals surface area contributed by atoms with Crippen LogP contribution in [0.1, 0.15) is 13.3 Å². The van der Waals surface area contributed by atoms with Gasteiger partial charge in [-0.1, -0.05) is 24.6 Å². The molecule has 102 valence electrons. The fourth-order valence-corrected chi connectivity index (χ4v) is 3.56. The number of halogens is 1. The first-order valence-corrected chi connectivity index (χ1v) is 7.85. The Morgan fingerprint density at radius 2 is 2.17 bits per heavy atom. The summed E-state index contributed by atoms with van der Waals surface area (Å²) in [5, 5.41) is 12.4. The van der Waals surface area contributed by atoms with Crippen LogP contribution in [0.5, 0.6) is 0 Å². The molecule has 2 N–H and O–H groups in total. The maximum atomic E-state index is 12.2. The van der Waals surface area contributed by atoms with Crippen LogP contribution in [0.2, 0.25) is 5.02 Å². The molecule has 0 aliphatic carbocycles. The van der Waals surface area contributed by atoms with Crippen molar-refractivity contribution in [3.05, 3.63) is 29.3 Å². The smallest absolute Gasteiger partial charge is 0.179 e. The zero-order chi connectivity index (χ0) is 13.6. The second-order valence-electron chi connectivity index (χ2n) is 4.01. The van der Waals surface area contributed by atoms with Crippen LogP contribution in [0, 0.1) is 0 Å². The average molecular weight is 292 g/mol. The Bertz CT molecular complexity index is 470. The van der Waals surface area contributed by atoms with Crippen LogP contribution >= 0.6 is 11.6 Å². The molecule has 0 aliphatic rings. The fourth-order valence-electron chi connectivity index (χ4n) is 1.71. The Kier molecular flexibility index (Phi) is 6.08. The standard InChI is InChI=1S/C12H18ClNO3S/c1-2-14-11(6-7-15)9-18(16,17)12-5-3-4-10(13)8-12/h3-5,8,11,14-15H,2,6-7,9H2,1H3. The van der Waals surface area contributed by atoms with Crippen molar-refractivity contribution in [3.8, 4) is 0 Å². The van der Waals surface area contributed by atoms with Gasteiger partial charge in [-0.3, -0.25) is 0 Å². The van der Waals surface area contributed by atoms with Crippen LogP contribution in [0.15, 0.2) is 29.2 Å². The summed E-state index contributed by atoms with van der Waals surface area (Å²) in [6, 6.07) is 5.98. The van der Waals surface area contributed by atoms with E-state index in [2.05, 4.69) is 5.32 Å². The van der Waals surface area contributed by atoms with Crippen molar-refractivity contribution in [2.75, 3.05) is 18.9 Å². The summed E-state index contributed by atoms with van der Waals surface area (Å²) in [4.78, 5) is 0.218. The van der Waals surface area contributed by atoms with Crippen molar-refractivity contribution in [2.45, 2.75) is 24.3 Å². The van der Waals surface area contributed by atoms with Crippen LogP contribution in [0.3, 0.4) is 0 Å². The molecular formula is C12H18ClNO3S. The normalized spacial score (nSPS) is 13.5. The second-order valence-corrected chi connectivity index (χ2v) is 6.48. The number of rotatable bonds is 7. The SMILES string of the molecule is CCNC(CCO)CS(=O)(=O)c1cccc(Cl)c1. The molecule has 4 nitrogen and oxygen atoms in total. The van der Waals surface area contributed by atoms with Gasteiger partial charge in [0.15, 0.2) is 9.84 Å². The summed E-state index contributed by atoms with van der Waals surface area (Å²) in [5.41, 5.74) is 0. The topological polar surface area (TPSA) is 66.4 Å². The van der Waals surface area contributed by atoms with E-state index >= 15 is 0 Å². The van der Waals surface area contributed by atoms with Gasteiger partial charge in [0.25, 0.3) is 0 Å². The highest BCUT2D eigenvalue weighted by molar-refractivity contribution is 7.91. The van der Waals surface area contributed by atoms with Gasteiger partial charge in [-0.05, 0) is 31.2 Å². The highest BCUT2D eigenvalue weighted by Crippen LogP contribution is 2.17. The maximum absolute atomic E-state index is 12.2. The molecule has 0 radical (unpaired) electrons. The predicted molar refractivity (Wildman–Crippen MR) is 72.7 cm³/mol. The molecule has 6 heteroatoms. The molecule has 0 bridgehead atoms. The van der Waals surface area contributed by atoms with Crippen molar-refractivity contribution in [1.29, 1.82) is 0 Å². The minimum absolute atomic E-state index is 0.0390. The lowest BCUT2D eigenvalue weighted by Gasteiger charge is -2.16. The zero-order valence-corrected chi connectivity index (χ0v) is 11.8. The van der Waals surface area contributed by atoms with E-state index in [0.717, 1.165) is 0 Å². The van der Waals surface area contributed by atoms with Crippen LogP contribution in [0.25, 0.3) is 0 Å². The van der Waals surface area contributed by atoms with Crippen LogP contribution in [0.4, 0.5) is 0 Å². The highest BCUT2D eigenvalue weighted by atomic mass is 35.5. The summed E-state index contributed by atoms with van der Waals surface area (Å²) in [5.74, 6) is -0.0399. The molecule has 0 heterocycles. The largest absolute Gasteiger partial charge is 0.396 e. The van der Waals surface area contributed by atoms with E-state index in [1.54, 1.807) is 12.1 Å². The van der Waals surface area contributed by atoms with Crippen molar-refractivity contribution in [3.63, 3.8) is 0 Å². The number of hydrogen-bond donors (Lipinski definition) is 2. The Morgan fingerprint density at radius 3 is 2.72 bits per heavy atom. The highest BCUT2D eigenvalue weighted by Gasteiger charge is 2.20. The van der Waals surface area contributed by atoms with E-state index in [1.807, 2.05) is 6.92 Å². The van der Waals surface area contributed by atoms with Crippen molar-refractivity contribution in [1.82, 2.24) is 5.32 Å². The van der Waals surface area contributed by atoms with E-state index in [-0.39, 0.29) is 23.3 Å². The summed E-state index contributed by atoms with van der Waals surface area (Å²) >= 11 is 5.79. The van der Waals surface area contributed by atoms with Gasteiger partial charge >= 0.3 is 0 Å². The monoisotopic (exact) mass is 291 g/mol. The molecule has 0 amide bonds. The van der Waals surface area contributed by atoms with E-state index in [1.165, 1.54) is 12.1 Å². The molecule has 0 fully saturated rings. The average Bonchev–Trinajstić information content (AvgIpc) is 2.29. The fraction of sp³-hybridized carbons (Fsp3) is 0.500.